The van der Waals surface area contributed by atoms with Gasteiger partial charge in [0.1, 0.15) is 29.3 Å². The molecule has 2 aliphatic heterocycles. The van der Waals surface area contributed by atoms with E-state index in [1.165, 1.54) is 6.08 Å². The van der Waals surface area contributed by atoms with E-state index in [-0.39, 0.29) is 30.0 Å². The molecule has 1 N–H and O–H groups in total. The highest BCUT2D eigenvalue weighted by Crippen LogP contribution is 2.39. The van der Waals surface area contributed by atoms with Gasteiger partial charge in [-0.05, 0) is 32.2 Å². The van der Waals surface area contributed by atoms with Crippen molar-refractivity contribution in [3.8, 4) is 17.6 Å². The molecule has 0 unspecified atom stereocenters. The van der Waals surface area contributed by atoms with Crippen molar-refractivity contribution in [3.05, 3.63) is 47.8 Å². The second-order valence-corrected chi connectivity index (χ2v) is 10.7. The average Bonchev–Trinajstić information content (AvgIpc) is 3.60. The number of carbonyl (C=O) groups is 1. The number of ether oxygens (including phenoxy) is 3. The Bertz CT molecular complexity index is 1620. The van der Waals surface area contributed by atoms with Crippen LogP contribution in [0.15, 0.2) is 37.2 Å². The minimum absolute atomic E-state index is 0.0838. The molecular weight excluding hydrogens is 548 g/mol. The Kier molecular flexibility index (Phi) is 7.37. The first-order valence-corrected chi connectivity index (χ1v) is 13.7. The number of aromatic nitrogens is 5. The van der Waals surface area contributed by atoms with Crippen molar-refractivity contribution in [2.24, 2.45) is 0 Å². The third-order valence-corrected chi connectivity index (χ3v) is 8.04. The minimum Gasteiger partial charge on any atom is -0.456 e. The second-order valence-electron chi connectivity index (χ2n) is 10.3. The lowest BCUT2D eigenvalue weighted by Crippen LogP contribution is -2.48. The number of nitrogens with zero attached hydrogens (tertiary/aromatic N) is 7. The number of hydrogen-bond donors (Lipinski definition) is 1. The maximum atomic E-state index is 12.2. The first-order chi connectivity index (χ1) is 19.9. The van der Waals surface area contributed by atoms with Crippen molar-refractivity contribution in [1.82, 2.24) is 34.9 Å². The van der Waals surface area contributed by atoms with Crippen LogP contribution in [-0.2, 0) is 9.53 Å². The van der Waals surface area contributed by atoms with Crippen LogP contribution in [0.4, 0.5) is 5.82 Å². The summed E-state index contributed by atoms with van der Waals surface area (Å²) in [7, 11) is 3.70. The van der Waals surface area contributed by atoms with Crippen LogP contribution in [0.1, 0.15) is 5.56 Å². The highest BCUT2D eigenvalue weighted by molar-refractivity contribution is 6.32. The lowest BCUT2D eigenvalue weighted by molar-refractivity contribution is -0.126. The van der Waals surface area contributed by atoms with Crippen LogP contribution in [0.5, 0.6) is 17.6 Å². The van der Waals surface area contributed by atoms with Crippen molar-refractivity contribution in [2.75, 3.05) is 58.3 Å². The molecule has 5 heterocycles. The molecular formula is C28H31ClN8O4. The van der Waals surface area contributed by atoms with Gasteiger partial charge in [0.25, 0.3) is 0 Å². The number of likely N-dealkylation sites (N-methyl/N-ethyl adjacent to an activating group) is 1. The number of nitrogens with one attached hydrogen (secondary N) is 1. The summed E-state index contributed by atoms with van der Waals surface area (Å²) in [6.07, 6.45) is 4.33. The smallest absolute Gasteiger partial charge is 0.319 e. The van der Waals surface area contributed by atoms with Gasteiger partial charge < -0.3 is 24.0 Å². The average molecular weight is 579 g/mol. The molecule has 6 rings (SSSR count). The standard InChI is InChI=1S/C28H31ClN8O4/c1-5-23(38)36-8-10-37(11-9-36)26-17-6-7-30-27(41-25-16(2)19(29)12-20-18(25)13-31-34-20)24(17)32-28(33-26)40-22-15-35(3)14-21(22)39-4/h5-7,12-13,21-22H,1,8-11,14-15H2,2-4H3,(H,31,34)/t21-,22-/m1/s1. The van der Waals surface area contributed by atoms with E-state index in [0.717, 1.165) is 28.4 Å². The number of carbonyl (C=O) groups excluding carboxylic acids is 1. The topological polar surface area (TPSA) is 122 Å². The van der Waals surface area contributed by atoms with Crippen molar-refractivity contribution in [3.63, 3.8) is 0 Å². The lowest BCUT2D eigenvalue weighted by atomic mass is 10.1. The molecule has 13 heteroatoms. The quantitative estimate of drug-likeness (QED) is 0.327. The van der Waals surface area contributed by atoms with Gasteiger partial charge in [-0.15, -0.1) is 0 Å². The normalized spacial score (nSPS) is 19.7. The number of benzene rings is 1. The molecule has 0 saturated carbocycles. The maximum Gasteiger partial charge on any atom is 0.319 e. The monoisotopic (exact) mass is 578 g/mol. The maximum absolute atomic E-state index is 12.2. The second kappa shape index (κ2) is 11.1. The number of H-pyrrole nitrogens is 1. The number of amides is 1. The molecule has 0 spiro atoms. The molecule has 214 valence electrons. The summed E-state index contributed by atoms with van der Waals surface area (Å²) in [6.45, 7) is 9.16. The van der Waals surface area contributed by atoms with Crippen LogP contribution in [0.2, 0.25) is 5.02 Å². The number of hydrogen-bond acceptors (Lipinski definition) is 10. The van der Waals surface area contributed by atoms with Gasteiger partial charge in [0.15, 0.2) is 0 Å². The van der Waals surface area contributed by atoms with Crippen molar-refractivity contribution >= 4 is 45.1 Å². The van der Waals surface area contributed by atoms with Gasteiger partial charge in [-0.3, -0.25) is 14.8 Å². The van der Waals surface area contributed by atoms with E-state index in [1.807, 2.05) is 26.1 Å². The number of anilines is 1. The molecule has 2 saturated heterocycles. The van der Waals surface area contributed by atoms with Gasteiger partial charge in [0, 0.05) is 63.2 Å². The summed E-state index contributed by atoms with van der Waals surface area (Å²) < 4.78 is 18.5. The van der Waals surface area contributed by atoms with Crippen molar-refractivity contribution in [1.29, 1.82) is 0 Å². The zero-order valence-electron chi connectivity index (χ0n) is 23.1. The fourth-order valence-corrected chi connectivity index (χ4v) is 5.59. The Hall–Kier alpha value is -4.00. The number of methoxy groups -OCH3 is 1. The highest BCUT2D eigenvalue weighted by atomic mass is 35.5. The number of fused-ring (bicyclic) bond motifs is 2. The first-order valence-electron chi connectivity index (χ1n) is 13.4. The molecule has 3 aromatic heterocycles. The fourth-order valence-electron chi connectivity index (χ4n) is 5.39. The molecule has 2 aliphatic rings. The van der Waals surface area contributed by atoms with Crippen LogP contribution >= 0.6 is 11.6 Å². The SMILES string of the molecule is C=CC(=O)N1CCN(c2nc(O[C@@H]3CN(C)C[C@H]3OC)nc3c(Oc4c(C)c(Cl)cc5[nH]ncc45)nccc23)CC1. The summed E-state index contributed by atoms with van der Waals surface area (Å²) in [5, 5.41) is 9.16. The Balaban J connectivity index is 1.43. The molecule has 41 heavy (non-hydrogen) atoms. The van der Waals surface area contributed by atoms with Gasteiger partial charge in [0.05, 0.1) is 22.5 Å². The molecule has 1 aromatic carbocycles. The number of rotatable bonds is 7. The molecule has 0 aliphatic carbocycles. The fraction of sp³-hybridized carbons (Fsp3) is 0.393. The van der Waals surface area contributed by atoms with Crippen LogP contribution in [0.3, 0.4) is 0 Å². The van der Waals surface area contributed by atoms with Crippen molar-refractivity contribution in [2.45, 2.75) is 19.1 Å². The Labute approximate surface area is 241 Å². The van der Waals surface area contributed by atoms with Crippen LogP contribution < -0.4 is 14.4 Å². The number of pyridine rings is 1. The lowest BCUT2D eigenvalue weighted by Gasteiger charge is -2.35. The van der Waals surface area contributed by atoms with Gasteiger partial charge >= 0.3 is 6.01 Å². The summed E-state index contributed by atoms with van der Waals surface area (Å²) >= 11 is 6.51. The summed E-state index contributed by atoms with van der Waals surface area (Å²) in [4.78, 5) is 32.5. The van der Waals surface area contributed by atoms with E-state index in [9.17, 15) is 4.79 Å². The van der Waals surface area contributed by atoms with Gasteiger partial charge in [-0.2, -0.15) is 15.1 Å². The van der Waals surface area contributed by atoms with E-state index in [4.69, 9.17) is 35.8 Å². The Morgan fingerprint density at radius 1 is 1.17 bits per heavy atom. The number of aromatic amines is 1. The zero-order chi connectivity index (χ0) is 28.7. The summed E-state index contributed by atoms with van der Waals surface area (Å²) in [5.41, 5.74) is 2.00. The van der Waals surface area contributed by atoms with Gasteiger partial charge in [-0.25, -0.2) is 4.98 Å². The molecule has 0 bridgehead atoms. The van der Waals surface area contributed by atoms with Gasteiger partial charge in [0.2, 0.25) is 11.8 Å². The third-order valence-electron chi connectivity index (χ3n) is 7.65. The molecule has 12 nitrogen and oxygen atoms in total. The largest absolute Gasteiger partial charge is 0.456 e. The molecule has 4 aromatic rings. The zero-order valence-corrected chi connectivity index (χ0v) is 23.9. The van der Waals surface area contributed by atoms with E-state index < -0.39 is 0 Å². The van der Waals surface area contributed by atoms with Gasteiger partial charge in [-0.1, -0.05) is 18.2 Å². The molecule has 0 radical (unpaired) electrons. The Morgan fingerprint density at radius 3 is 2.71 bits per heavy atom. The predicted molar refractivity (Wildman–Crippen MR) is 155 cm³/mol. The van der Waals surface area contributed by atoms with E-state index in [0.29, 0.717) is 54.8 Å². The summed E-state index contributed by atoms with van der Waals surface area (Å²) in [5.74, 6) is 1.42. The molecule has 1 amide bonds. The van der Waals surface area contributed by atoms with Crippen LogP contribution in [0, 0.1) is 6.92 Å². The van der Waals surface area contributed by atoms with Crippen LogP contribution in [-0.4, -0.2) is 106 Å². The third kappa shape index (κ3) is 5.14. The minimum atomic E-state index is -0.251. The predicted octanol–water partition coefficient (Wildman–Crippen LogP) is 3.20. The molecule has 2 atom stereocenters. The van der Waals surface area contributed by atoms with E-state index >= 15 is 0 Å². The molecule has 2 fully saturated rings. The first kappa shape index (κ1) is 27.2. The van der Waals surface area contributed by atoms with E-state index in [2.05, 4.69) is 31.6 Å². The number of piperazine rings is 1. The van der Waals surface area contributed by atoms with Crippen molar-refractivity contribution < 1.29 is 19.0 Å². The summed E-state index contributed by atoms with van der Waals surface area (Å²) in [6, 6.07) is 3.88. The Morgan fingerprint density at radius 2 is 1.95 bits per heavy atom. The number of halogens is 1. The van der Waals surface area contributed by atoms with E-state index in [1.54, 1.807) is 24.4 Å². The number of likely N-dealkylation sites (tertiary alicyclic amines) is 1. The van der Waals surface area contributed by atoms with Crippen LogP contribution in [0.25, 0.3) is 21.8 Å². The highest BCUT2D eigenvalue weighted by Gasteiger charge is 2.34.